The van der Waals surface area contributed by atoms with Gasteiger partial charge in [0.1, 0.15) is 11.4 Å². The summed E-state index contributed by atoms with van der Waals surface area (Å²) in [4.78, 5) is 27.2. The first-order valence-corrected chi connectivity index (χ1v) is 12.5. The molecule has 0 unspecified atom stereocenters. The van der Waals surface area contributed by atoms with Gasteiger partial charge in [-0.2, -0.15) is 0 Å². The van der Waals surface area contributed by atoms with E-state index in [1.807, 2.05) is 73.7 Å². The maximum atomic E-state index is 12.2. The third kappa shape index (κ3) is 6.69. The summed E-state index contributed by atoms with van der Waals surface area (Å²) >= 11 is 6.43. The van der Waals surface area contributed by atoms with Crippen molar-refractivity contribution in [2.75, 3.05) is 19.0 Å². The van der Waals surface area contributed by atoms with E-state index in [-0.39, 0.29) is 18.7 Å². The van der Waals surface area contributed by atoms with Crippen molar-refractivity contribution in [3.8, 4) is 28.0 Å². The van der Waals surface area contributed by atoms with Crippen molar-refractivity contribution >= 4 is 29.2 Å². The first kappa shape index (κ1) is 26.7. The lowest BCUT2D eigenvalue weighted by Crippen LogP contribution is -2.26. The Balaban J connectivity index is 1.49. The Hall–Kier alpha value is -4.36. The van der Waals surface area contributed by atoms with Gasteiger partial charge < -0.3 is 20.5 Å². The molecule has 1 heterocycles. The summed E-state index contributed by atoms with van der Waals surface area (Å²) in [7, 11) is 1.63. The Morgan fingerprint density at radius 1 is 0.947 bits per heavy atom. The fraction of sp³-hybridized carbons (Fsp3) is 0.167. The molecule has 3 N–H and O–H groups in total. The SMILES string of the molecule is COc1ccc(-c2ccc(C(=O)NCCC(=O)O)nc2)c(CNc2ccc(-c3ccc(C)cc3Cl)cc2)c1. The average Bonchev–Trinajstić information content (AvgIpc) is 2.92. The lowest BCUT2D eigenvalue weighted by atomic mass is 10.00. The summed E-state index contributed by atoms with van der Waals surface area (Å²) in [6, 6.07) is 23.4. The number of ether oxygens (including phenoxy) is 1. The van der Waals surface area contributed by atoms with Gasteiger partial charge in [0.2, 0.25) is 0 Å². The van der Waals surface area contributed by atoms with Crippen LogP contribution < -0.4 is 15.4 Å². The minimum atomic E-state index is -0.971. The number of carboxylic acids is 1. The van der Waals surface area contributed by atoms with E-state index in [9.17, 15) is 9.59 Å². The van der Waals surface area contributed by atoms with E-state index in [0.717, 1.165) is 49.8 Å². The molecule has 0 radical (unpaired) electrons. The maximum absolute atomic E-state index is 12.2. The molecule has 0 saturated carbocycles. The highest BCUT2D eigenvalue weighted by atomic mass is 35.5. The van der Waals surface area contributed by atoms with Crippen molar-refractivity contribution in [2.45, 2.75) is 19.9 Å². The number of halogens is 1. The molecule has 0 bridgehead atoms. The lowest BCUT2D eigenvalue weighted by molar-refractivity contribution is -0.136. The molecule has 0 saturated heterocycles. The summed E-state index contributed by atoms with van der Waals surface area (Å²) < 4.78 is 5.44. The molecule has 8 heteroatoms. The number of hydrogen-bond donors (Lipinski definition) is 3. The Morgan fingerprint density at radius 2 is 1.68 bits per heavy atom. The Morgan fingerprint density at radius 3 is 2.34 bits per heavy atom. The molecule has 1 amide bonds. The van der Waals surface area contributed by atoms with E-state index < -0.39 is 11.9 Å². The number of nitrogens with zero attached hydrogens (tertiary/aromatic N) is 1. The predicted octanol–water partition coefficient (Wildman–Crippen LogP) is 6.20. The second-order valence-corrected chi connectivity index (χ2v) is 9.18. The number of nitrogens with one attached hydrogen (secondary N) is 2. The Labute approximate surface area is 226 Å². The molecular formula is C30H28ClN3O4. The molecule has 7 nitrogen and oxygen atoms in total. The fourth-order valence-electron chi connectivity index (χ4n) is 4.01. The topological polar surface area (TPSA) is 101 Å². The van der Waals surface area contributed by atoms with Gasteiger partial charge >= 0.3 is 5.97 Å². The molecule has 194 valence electrons. The second-order valence-electron chi connectivity index (χ2n) is 8.77. The number of pyridine rings is 1. The number of benzene rings is 3. The molecule has 0 fully saturated rings. The Bertz CT molecular complexity index is 1440. The molecule has 38 heavy (non-hydrogen) atoms. The minimum Gasteiger partial charge on any atom is -0.497 e. The normalized spacial score (nSPS) is 10.6. The summed E-state index contributed by atoms with van der Waals surface area (Å²) in [6.07, 6.45) is 1.49. The molecule has 0 spiro atoms. The molecule has 0 aliphatic carbocycles. The highest BCUT2D eigenvalue weighted by molar-refractivity contribution is 6.33. The first-order chi connectivity index (χ1) is 18.3. The number of anilines is 1. The first-order valence-electron chi connectivity index (χ1n) is 12.1. The van der Waals surface area contributed by atoms with E-state index in [4.69, 9.17) is 21.4 Å². The van der Waals surface area contributed by atoms with Gasteiger partial charge in [0.15, 0.2) is 0 Å². The van der Waals surface area contributed by atoms with Crippen molar-refractivity contribution in [3.05, 3.63) is 101 Å². The third-order valence-corrected chi connectivity index (χ3v) is 6.36. The number of aliphatic carboxylic acids is 1. The third-order valence-electron chi connectivity index (χ3n) is 6.05. The quantitative estimate of drug-likeness (QED) is 0.226. The van der Waals surface area contributed by atoms with Crippen LogP contribution in [0, 0.1) is 6.92 Å². The van der Waals surface area contributed by atoms with Crippen LogP contribution in [0.1, 0.15) is 28.0 Å². The number of amides is 1. The number of carbonyl (C=O) groups excluding carboxylic acids is 1. The number of aryl methyl sites for hydroxylation is 1. The maximum Gasteiger partial charge on any atom is 0.305 e. The molecule has 0 atom stereocenters. The molecule has 1 aromatic heterocycles. The van der Waals surface area contributed by atoms with Gasteiger partial charge in [-0.1, -0.05) is 48.0 Å². The largest absolute Gasteiger partial charge is 0.497 e. The molecule has 0 aliphatic heterocycles. The van der Waals surface area contributed by atoms with Crippen molar-refractivity contribution in [2.24, 2.45) is 0 Å². The minimum absolute atomic E-state index is 0.0466. The summed E-state index contributed by atoms with van der Waals surface area (Å²) in [5.74, 6) is -0.650. The van der Waals surface area contributed by atoms with Crippen LogP contribution in [0.2, 0.25) is 5.02 Å². The number of aromatic nitrogens is 1. The van der Waals surface area contributed by atoms with Crippen LogP contribution in [0.3, 0.4) is 0 Å². The van der Waals surface area contributed by atoms with Gasteiger partial charge in [0.05, 0.1) is 13.5 Å². The van der Waals surface area contributed by atoms with Gasteiger partial charge in [-0.05, 0) is 65.6 Å². The summed E-state index contributed by atoms with van der Waals surface area (Å²) in [5.41, 5.74) is 7.12. The molecular weight excluding hydrogens is 502 g/mol. The van der Waals surface area contributed by atoms with Gasteiger partial charge in [-0.25, -0.2) is 0 Å². The fourth-order valence-corrected chi connectivity index (χ4v) is 4.35. The monoisotopic (exact) mass is 529 g/mol. The van der Waals surface area contributed by atoms with Crippen LogP contribution >= 0.6 is 11.6 Å². The van der Waals surface area contributed by atoms with E-state index >= 15 is 0 Å². The number of hydrogen-bond acceptors (Lipinski definition) is 5. The van der Waals surface area contributed by atoms with Crippen LogP contribution in [0.25, 0.3) is 22.3 Å². The zero-order valence-corrected chi connectivity index (χ0v) is 21.9. The second kappa shape index (κ2) is 12.3. The van der Waals surface area contributed by atoms with Gasteiger partial charge in [-0.15, -0.1) is 0 Å². The Kier molecular flexibility index (Phi) is 8.61. The zero-order chi connectivity index (χ0) is 27.1. The zero-order valence-electron chi connectivity index (χ0n) is 21.1. The molecule has 0 aliphatic rings. The van der Waals surface area contributed by atoms with Gasteiger partial charge in [0.25, 0.3) is 5.91 Å². The van der Waals surface area contributed by atoms with Crippen molar-refractivity contribution in [3.63, 3.8) is 0 Å². The van der Waals surface area contributed by atoms with Gasteiger partial charge in [-0.3, -0.25) is 14.6 Å². The van der Waals surface area contributed by atoms with Crippen LogP contribution in [-0.4, -0.2) is 35.6 Å². The summed E-state index contributed by atoms with van der Waals surface area (Å²) in [6.45, 7) is 2.60. The number of rotatable bonds is 10. The number of carboxylic acid groups (broad SMARTS) is 1. The van der Waals surface area contributed by atoms with Gasteiger partial charge in [0, 0.05) is 41.1 Å². The van der Waals surface area contributed by atoms with E-state index in [1.165, 1.54) is 0 Å². The number of methoxy groups -OCH3 is 1. The lowest BCUT2D eigenvalue weighted by Gasteiger charge is -2.14. The molecule has 3 aromatic carbocycles. The smallest absolute Gasteiger partial charge is 0.305 e. The van der Waals surface area contributed by atoms with Crippen molar-refractivity contribution in [1.82, 2.24) is 10.3 Å². The van der Waals surface area contributed by atoms with Crippen molar-refractivity contribution in [1.29, 1.82) is 0 Å². The van der Waals surface area contributed by atoms with Crippen molar-refractivity contribution < 1.29 is 19.4 Å². The van der Waals surface area contributed by atoms with Crippen LogP contribution in [0.4, 0.5) is 5.69 Å². The predicted molar refractivity (Wildman–Crippen MR) is 150 cm³/mol. The van der Waals surface area contributed by atoms with Crippen LogP contribution in [-0.2, 0) is 11.3 Å². The van der Waals surface area contributed by atoms with E-state index in [1.54, 1.807) is 19.4 Å². The highest BCUT2D eigenvalue weighted by Gasteiger charge is 2.12. The molecule has 4 aromatic rings. The van der Waals surface area contributed by atoms with Crippen LogP contribution in [0.5, 0.6) is 5.75 Å². The molecule has 4 rings (SSSR count). The average molecular weight is 530 g/mol. The summed E-state index contributed by atoms with van der Waals surface area (Å²) in [5, 5.41) is 15.5. The van der Waals surface area contributed by atoms with E-state index in [0.29, 0.717) is 6.54 Å². The number of carbonyl (C=O) groups is 2. The standard InChI is InChI=1S/C30H28ClN3O4/c1-19-3-10-26(27(31)15-19)20-4-7-23(8-5-20)33-18-22-16-24(38-2)9-11-25(22)21-6-12-28(34-17-21)30(37)32-14-13-29(35)36/h3-12,15-17,33H,13-14,18H2,1-2H3,(H,32,37)(H,35,36). The van der Waals surface area contributed by atoms with Crippen LogP contribution in [0.15, 0.2) is 79.0 Å². The highest BCUT2D eigenvalue weighted by Crippen LogP contribution is 2.31. The van der Waals surface area contributed by atoms with E-state index in [2.05, 4.69) is 15.6 Å².